The molecule has 0 aliphatic heterocycles. The third-order valence-corrected chi connectivity index (χ3v) is 5.97. The third kappa shape index (κ3) is 5.90. The van der Waals surface area contributed by atoms with Crippen LogP contribution in [-0.2, 0) is 0 Å². The lowest BCUT2D eigenvalue weighted by atomic mass is 10.1. The standard InChI is InChI=1S/C29H32N4O2/c1-4-33(22-12-9-11-21(2)19-22)18-10-17-30-29(34)24-20-28(31-25-14-6-5-13-23(24)25)32-26-15-7-8-16-27(26)35-3/h5-9,11-16,19-20H,4,10,17-18H2,1-3H3,(H,30,34)(H,31,32). The van der Waals surface area contributed by atoms with Gasteiger partial charge < -0.3 is 20.3 Å². The van der Waals surface area contributed by atoms with Gasteiger partial charge >= 0.3 is 0 Å². The zero-order valence-electron chi connectivity index (χ0n) is 20.5. The molecule has 6 heteroatoms. The zero-order valence-corrected chi connectivity index (χ0v) is 20.5. The molecule has 0 unspecified atom stereocenters. The Balaban J connectivity index is 1.46. The molecule has 3 aromatic carbocycles. The smallest absolute Gasteiger partial charge is 0.252 e. The van der Waals surface area contributed by atoms with E-state index in [9.17, 15) is 4.79 Å². The van der Waals surface area contributed by atoms with Crippen LogP contribution in [0.25, 0.3) is 10.9 Å². The fourth-order valence-corrected chi connectivity index (χ4v) is 4.17. The van der Waals surface area contributed by atoms with Crippen molar-refractivity contribution in [2.24, 2.45) is 0 Å². The summed E-state index contributed by atoms with van der Waals surface area (Å²) in [6, 6.07) is 25.7. The molecule has 35 heavy (non-hydrogen) atoms. The maximum atomic E-state index is 13.2. The monoisotopic (exact) mass is 468 g/mol. The van der Waals surface area contributed by atoms with Crippen molar-refractivity contribution in [3.63, 3.8) is 0 Å². The summed E-state index contributed by atoms with van der Waals surface area (Å²) in [6.45, 7) is 6.64. The number of amides is 1. The molecule has 0 spiro atoms. The number of ether oxygens (including phenoxy) is 1. The van der Waals surface area contributed by atoms with E-state index in [1.807, 2.05) is 48.5 Å². The Bertz CT molecular complexity index is 1300. The number of carbonyl (C=O) groups excluding carboxylic acids is 1. The Labute approximate surface area is 207 Å². The van der Waals surface area contributed by atoms with E-state index >= 15 is 0 Å². The second kappa shape index (κ2) is 11.4. The van der Waals surface area contributed by atoms with Crippen molar-refractivity contribution in [3.8, 4) is 5.75 Å². The molecule has 180 valence electrons. The maximum absolute atomic E-state index is 13.2. The summed E-state index contributed by atoms with van der Waals surface area (Å²) in [7, 11) is 1.63. The number of nitrogens with one attached hydrogen (secondary N) is 2. The second-order valence-corrected chi connectivity index (χ2v) is 8.43. The van der Waals surface area contributed by atoms with Crippen LogP contribution in [0.4, 0.5) is 17.2 Å². The second-order valence-electron chi connectivity index (χ2n) is 8.43. The number of fused-ring (bicyclic) bond motifs is 1. The fraction of sp³-hybridized carbons (Fsp3) is 0.241. The van der Waals surface area contributed by atoms with Crippen molar-refractivity contribution in [3.05, 3.63) is 90.0 Å². The van der Waals surface area contributed by atoms with E-state index in [0.29, 0.717) is 23.7 Å². The van der Waals surface area contributed by atoms with Gasteiger partial charge in [0.25, 0.3) is 5.91 Å². The van der Waals surface area contributed by atoms with Gasteiger partial charge in [0.05, 0.1) is 23.9 Å². The third-order valence-electron chi connectivity index (χ3n) is 5.97. The van der Waals surface area contributed by atoms with Gasteiger partial charge in [0.1, 0.15) is 11.6 Å². The Morgan fingerprint density at radius 2 is 1.80 bits per heavy atom. The Morgan fingerprint density at radius 1 is 1.00 bits per heavy atom. The molecule has 0 bridgehead atoms. The van der Waals surface area contributed by atoms with E-state index in [1.165, 1.54) is 11.3 Å². The first kappa shape index (κ1) is 24.1. The molecule has 1 amide bonds. The molecule has 0 aliphatic carbocycles. The van der Waals surface area contributed by atoms with Gasteiger partial charge in [0.15, 0.2) is 0 Å². The summed E-state index contributed by atoms with van der Waals surface area (Å²) in [5, 5.41) is 7.23. The van der Waals surface area contributed by atoms with E-state index in [4.69, 9.17) is 9.72 Å². The summed E-state index contributed by atoms with van der Waals surface area (Å²) in [4.78, 5) is 20.2. The summed E-state index contributed by atoms with van der Waals surface area (Å²) >= 11 is 0. The Morgan fingerprint density at radius 3 is 2.60 bits per heavy atom. The average molecular weight is 469 g/mol. The highest BCUT2D eigenvalue weighted by Gasteiger charge is 2.14. The van der Waals surface area contributed by atoms with Gasteiger partial charge in [-0.3, -0.25) is 4.79 Å². The molecule has 6 nitrogen and oxygen atoms in total. The number of aryl methyl sites for hydroxylation is 1. The predicted molar refractivity (Wildman–Crippen MR) is 144 cm³/mol. The van der Waals surface area contributed by atoms with Crippen LogP contribution in [0, 0.1) is 6.92 Å². The number of methoxy groups -OCH3 is 1. The quantitative estimate of drug-likeness (QED) is 0.282. The number of rotatable bonds is 10. The Hall–Kier alpha value is -4.06. The van der Waals surface area contributed by atoms with Crippen LogP contribution in [-0.4, -0.2) is 37.6 Å². The number of nitrogens with zero attached hydrogens (tertiary/aromatic N) is 2. The molecule has 0 aliphatic rings. The molecule has 0 saturated carbocycles. The number of hydrogen-bond acceptors (Lipinski definition) is 5. The van der Waals surface area contributed by atoms with Gasteiger partial charge in [-0.2, -0.15) is 0 Å². The van der Waals surface area contributed by atoms with Crippen LogP contribution in [0.5, 0.6) is 5.75 Å². The highest BCUT2D eigenvalue weighted by atomic mass is 16.5. The minimum absolute atomic E-state index is 0.106. The van der Waals surface area contributed by atoms with E-state index < -0.39 is 0 Å². The lowest BCUT2D eigenvalue weighted by Gasteiger charge is -2.23. The Kier molecular flexibility index (Phi) is 7.83. The first-order chi connectivity index (χ1) is 17.1. The van der Waals surface area contributed by atoms with Crippen LogP contribution in [0.2, 0.25) is 0 Å². The summed E-state index contributed by atoms with van der Waals surface area (Å²) in [5.41, 5.74) is 4.61. The molecule has 2 N–H and O–H groups in total. The van der Waals surface area contributed by atoms with E-state index in [2.05, 4.69) is 53.6 Å². The minimum atomic E-state index is -0.106. The zero-order chi connectivity index (χ0) is 24.6. The van der Waals surface area contributed by atoms with Crippen LogP contribution in [0.15, 0.2) is 78.9 Å². The topological polar surface area (TPSA) is 66.5 Å². The van der Waals surface area contributed by atoms with Crippen molar-refractivity contribution in [2.75, 3.05) is 37.0 Å². The lowest BCUT2D eigenvalue weighted by Crippen LogP contribution is -2.30. The molecule has 0 fully saturated rings. The van der Waals surface area contributed by atoms with E-state index in [1.54, 1.807) is 13.2 Å². The number of pyridine rings is 1. The van der Waals surface area contributed by atoms with Gasteiger partial charge in [-0.25, -0.2) is 4.98 Å². The van der Waals surface area contributed by atoms with Crippen LogP contribution in [0.3, 0.4) is 0 Å². The number of carbonyl (C=O) groups is 1. The molecule has 0 atom stereocenters. The van der Waals surface area contributed by atoms with Crippen LogP contribution in [0.1, 0.15) is 29.3 Å². The predicted octanol–water partition coefficient (Wildman–Crippen LogP) is 5.94. The van der Waals surface area contributed by atoms with Gasteiger partial charge in [-0.1, -0.05) is 42.5 Å². The minimum Gasteiger partial charge on any atom is -0.495 e. The molecule has 0 radical (unpaired) electrons. The number of para-hydroxylation sites is 3. The van der Waals surface area contributed by atoms with E-state index in [-0.39, 0.29) is 5.91 Å². The first-order valence-corrected chi connectivity index (χ1v) is 12.0. The number of benzene rings is 3. The number of hydrogen-bond donors (Lipinski definition) is 2. The van der Waals surface area contributed by atoms with Crippen molar-refractivity contribution < 1.29 is 9.53 Å². The summed E-state index contributed by atoms with van der Waals surface area (Å²) < 4.78 is 5.44. The molecular formula is C29H32N4O2. The van der Waals surface area contributed by atoms with Gasteiger partial charge in [0, 0.05) is 30.7 Å². The lowest BCUT2D eigenvalue weighted by molar-refractivity contribution is 0.0955. The largest absolute Gasteiger partial charge is 0.495 e. The molecule has 1 aromatic heterocycles. The van der Waals surface area contributed by atoms with Crippen molar-refractivity contribution >= 4 is 34.0 Å². The summed E-state index contributed by atoms with van der Waals surface area (Å²) in [6.07, 6.45) is 0.850. The molecule has 4 rings (SSSR count). The van der Waals surface area contributed by atoms with Crippen molar-refractivity contribution in [1.29, 1.82) is 0 Å². The number of aromatic nitrogens is 1. The van der Waals surface area contributed by atoms with Gasteiger partial charge in [-0.15, -0.1) is 0 Å². The highest BCUT2D eigenvalue weighted by Crippen LogP contribution is 2.28. The molecule has 4 aromatic rings. The van der Waals surface area contributed by atoms with Gasteiger partial charge in [-0.05, 0) is 62.2 Å². The van der Waals surface area contributed by atoms with Gasteiger partial charge in [0.2, 0.25) is 0 Å². The van der Waals surface area contributed by atoms with Crippen molar-refractivity contribution in [1.82, 2.24) is 10.3 Å². The molecule has 0 saturated heterocycles. The number of anilines is 3. The van der Waals surface area contributed by atoms with E-state index in [0.717, 1.165) is 36.1 Å². The van der Waals surface area contributed by atoms with Crippen LogP contribution >= 0.6 is 0 Å². The average Bonchev–Trinajstić information content (AvgIpc) is 2.88. The molecular weight excluding hydrogens is 436 g/mol. The molecule has 1 heterocycles. The normalized spacial score (nSPS) is 10.7. The summed E-state index contributed by atoms with van der Waals surface area (Å²) in [5.74, 6) is 1.20. The SMILES string of the molecule is CCN(CCCNC(=O)c1cc(Nc2ccccc2OC)nc2ccccc12)c1cccc(C)c1. The maximum Gasteiger partial charge on any atom is 0.252 e. The fourth-order valence-electron chi connectivity index (χ4n) is 4.17. The van der Waals surface area contributed by atoms with Crippen LogP contribution < -0.4 is 20.3 Å². The first-order valence-electron chi connectivity index (χ1n) is 12.0. The van der Waals surface area contributed by atoms with Crippen molar-refractivity contribution in [2.45, 2.75) is 20.3 Å². The highest BCUT2D eigenvalue weighted by molar-refractivity contribution is 6.07.